The predicted molar refractivity (Wildman–Crippen MR) is 80.0 cm³/mol. The zero-order valence-corrected chi connectivity index (χ0v) is 11.8. The van der Waals surface area contributed by atoms with E-state index in [0.717, 1.165) is 55.5 Å². The number of hydrogen-bond acceptors (Lipinski definition) is 3. The number of benzene rings is 1. The second-order valence-electron chi connectivity index (χ2n) is 5.79. The number of imidazole rings is 1. The van der Waals surface area contributed by atoms with E-state index in [1.807, 2.05) is 18.2 Å². The van der Waals surface area contributed by atoms with Gasteiger partial charge in [0.05, 0.1) is 24.2 Å². The molecule has 1 saturated heterocycles. The highest BCUT2D eigenvalue weighted by Crippen LogP contribution is 2.38. The number of H-pyrrole nitrogens is 2. The van der Waals surface area contributed by atoms with Crippen LogP contribution in [-0.4, -0.2) is 29.0 Å². The van der Waals surface area contributed by atoms with E-state index in [1.165, 1.54) is 5.57 Å². The van der Waals surface area contributed by atoms with E-state index >= 15 is 0 Å². The maximum Gasteiger partial charge on any atom is 0.323 e. The van der Waals surface area contributed by atoms with Crippen molar-refractivity contribution in [2.45, 2.75) is 31.5 Å². The van der Waals surface area contributed by atoms with Crippen LogP contribution in [0.1, 0.15) is 31.2 Å². The highest BCUT2D eigenvalue weighted by molar-refractivity contribution is 5.77. The van der Waals surface area contributed by atoms with Crippen LogP contribution in [0.5, 0.6) is 0 Å². The van der Waals surface area contributed by atoms with Gasteiger partial charge in [0.2, 0.25) is 0 Å². The van der Waals surface area contributed by atoms with Crippen LogP contribution < -0.4 is 5.69 Å². The Morgan fingerprint density at radius 3 is 2.52 bits per heavy atom. The third-order valence-electron chi connectivity index (χ3n) is 4.38. The normalized spacial score (nSPS) is 21.2. The molecule has 0 atom stereocenters. The summed E-state index contributed by atoms with van der Waals surface area (Å²) in [6, 6.07) is 5.98. The Labute approximate surface area is 122 Å². The summed E-state index contributed by atoms with van der Waals surface area (Å²) in [5.41, 5.74) is 4.07. The zero-order valence-electron chi connectivity index (χ0n) is 11.8. The Morgan fingerprint density at radius 2 is 1.76 bits per heavy atom. The van der Waals surface area contributed by atoms with Crippen LogP contribution >= 0.6 is 0 Å². The SMILES string of the molecule is O=c1[nH]c2ccc(C=C3CCC4(CC3)OCCO4)cc2[nH]1. The van der Waals surface area contributed by atoms with E-state index in [1.54, 1.807) is 0 Å². The number of aromatic nitrogens is 2. The molecular weight excluding hydrogens is 268 g/mol. The smallest absolute Gasteiger partial charge is 0.323 e. The lowest BCUT2D eigenvalue weighted by molar-refractivity contribution is -0.171. The van der Waals surface area contributed by atoms with Crippen molar-refractivity contribution >= 4 is 17.1 Å². The van der Waals surface area contributed by atoms with E-state index in [2.05, 4.69) is 16.0 Å². The Morgan fingerprint density at radius 1 is 1.05 bits per heavy atom. The number of aromatic amines is 2. The number of allylic oxidation sites excluding steroid dienone is 1. The first-order valence-electron chi connectivity index (χ1n) is 7.42. The second-order valence-corrected chi connectivity index (χ2v) is 5.79. The maximum absolute atomic E-state index is 11.3. The Kier molecular flexibility index (Phi) is 2.97. The van der Waals surface area contributed by atoms with Gasteiger partial charge >= 0.3 is 5.69 Å². The zero-order chi connectivity index (χ0) is 14.3. The molecule has 1 aromatic heterocycles. The van der Waals surface area contributed by atoms with Gasteiger partial charge in [-0.1, -0.05) is 17.7 Å². The molecule has 110 valence electrons. The number of rotatable bonds is 1. The van der Waals surface area contributed by atoms with Crippen LogP contribution in [-0.2, 0) is 9.47 Å². The van der Waals surface area contributed by atoms with Gasteiger partial charge in [-0.3, -0.25) is 0 Å². The molecule has 0 amide bonds. The average molecular weight is 286 g/mol. The molecule has 1 spiro atoms. The Bertz CT molecular complexity index is 738. The second kappa shape index (κ2) is 4.86. The van der Waals surface area contributed by atoms with E-state index in [9.17, 15) is 4.79 Å². The van der Waals surface area contributed by atoms with Gasteiger partial charge < -0.3 is 19.4 Å². The van der Waals surface area contributed by atoms with Gasteiger partial charge in [-0.2, -0.15) is 0 Å². The quantitative estimate of drug-likeness (QED) is 0.846. The van der Waals surface area contributed by atoms with Gasteiger partial charge in [0, 0.05) is 12.8 Å². The summed E-state index contributed by atoms with van der Waals surface area (Å²) in [6.45, 7) is 1.44. The van der Waals surface area contributed by atoms with E-state index in [0.29, 0.717) is 0 Å². The summed E-state index contributed by atoms with van der Waals surface area (Å²) in [5.74, 6) is -0.312. The van der Waals surface area contributed by atoms with Crippen molar-refractivity contribution in [3.05, 3.63) is 39.8 Å². The molecule has 5 nitrogen and oxygen atoms in total. The topological polar surface area (TPSA) is 67.1 Å². The van der Waals surface area contributed by atoms with Crippen LogP contribution in [0.3, 0.4) is 0 Å². The van der Waals surface area contributed by atoms with Gasteiger partial charge in [0.25, 0.3) is 0 Å². The van der Waals surface area contributed by atoms with E-state index in [-0.39, 0.29) is 11.5 Å². The summed E-state index contributed by atoms with van der Waals surface area (Å²) >= 11 is 0. The number of ether oxygens (including phenoxy) is 2. The first-order valence-corrected chi connectivity index (χ1v) is 7.42. The predicted octanol–water partition coefficient (Wildman–Crippen LogP) is 2.56. The highest BCUT2D eigenvalue weighted by atomic mass is 16.7. The molecule has 1 aliphatic carbocycles. The van der Waals surface area contributed by atoms with Crippen molar-refractivity contribution in [3.63, 3.8) is 0 Å². The fourth-order valence-electron chi connectivity index (χ4n) is 3.26. The summed E-state index contributed by atoms with van der Waals surface area (Å²) in [4.78, 5) is 16.8. The van der Waals surface area contributed by atoms with Gasteiger partial charge in [0.1, 0.15) is 0 Å². The van der Waals surface area contributed by atoms with Gasteiger partial charge in [-0.05, 0) is 30.5 Å². The average Bonchev–Trinajstić information content (AvgIpc) is 3.07. The lowest BCUT2D eigenvalue weighted by atomic mass is 9.88. The minimum absolute atomic E-state index is 0.162. The molecule has 1 aromatic carbocycles. The molecular formula is C16H18N2O3. The van der Waals surface area contributed by atoms with E-state index in [4.69, 9.17) is 9.47 Å². The van der Waals surface area contributed by atoms with Crippen molar-refractivity contribution in [2.24, 2.45) is 0 Å². The number of fused-ring (bicyclic) bond motifs is 1. The van der Waals surface area contributed by atoms with Crippen molar-refractivity contribution in [1.29, 1.82) is 0 Å². The third-order valence-corrected chi connectivity index (χ3v) is 4.38. The van der Waals surface area contributed by atoms with Crippen molar-refractivity contribution in [2.75, 3.05) is 13.2 Å². The minimum atomic E-state index is -0.312. The Hall–Kier alpha value is -1.85. The standard InChI is InChI=1S/C16H18N2O3/c19-15-17-13-2-1-12(10-14(13)18-15)9-11-3-5-16(6-4-11)20-7-8-21-16/h1-2,9-10H,3-8H2,(H2,17,18,19). The van der Waals surface area contributed by atoms with Crippen LogP contribution in [0.15, 0.2) is 28.6 Å². The van der Waals surface area contributed by atoms with Gasteiger partial charge in [-0.25, -0.2) is 4.79 Å². The molecule has 0 unspecified atom stereocenters. The first-order chi connectivity index (χ1) is 10.2. The largest absolute Gasteiger partial charge is 0.348 e. The summed E-state index contributed by atoms with van der Waals surface area (Å²) in [6.07, 6.45) is 6.08. The molecule has 2 aliphatic rings. The number of nitrogens with one attached hydrogen (secondary N) is 2. The lowest BCUT2D eigenvalue weighted by Crippen LogP contribution is -2.33. The molecule has 1 aliphatic heterocycles. The molecule has 0 bridgehead atoms. The molecule has 2 aromatic rings. The molecule has 2 fully saturated rings. The third kappa shape index (κ3) is 2.43. The summed E-state index contributed by atoms with van der Waals surface area (Å²) < 4.78 is 11.5. The molecule has 1 saturated carbocycles. The summed E-state index contributed by atoms with van der Waals surface area (Å²) in [7, 11) is 0. The maximum atomic E-state index is 11.3. The van der Waals surface area contributed by atoms with Crippen LogP contribution in [0.2, 0.25) is 0 Å². The fraction of sp³-hybridized carbons (Fsp3) is 0.438. The summed E-state index contributed by atoms with van der Waals surface area (Å²) in [5, 5.41) is 0. The van der Waals surface area contributed by atoms with Crippen molar-refractivity contribution in [3.8, 4) is 0 Å². The molecule has 2 N–H and O–H groups in total. The van der Waals surface area contributed by atoms with Gasteiger partial charge in [0.15, 0.2) is 5.79 Å². The van der Waals surface area contributed by atoms with E-state index < -0.39 is 0 Å². The molecule has 21 heavy (non-hydrogen) atoms. The highest BCUT2D eigenvalue weighted by Gasteiger charge is 2.38. The molecule has 4 rings (SSSR count). The monoisotopic (exact) mass is 286 g/mol. The van der Waals surface area contributed by atoms with Crippen LogP contribution in [0.4, 0.5) is 0 Å². The fourth-order valence-corrected chi connectivity index (χ4v) is 3.26. The van der Waals surface area contributed by atoms with Crippen molar-refractivity contribution < 1.29 is 9.47 Å². The molecule has 2 heterocycles. The van der Waals surface area contributed by atoms with Gasteiger partial charge in [-0.15, -0.1) is 0 Å². The lowest BCUT2D eigenvalue weighted by Gasteiger charge is -2.32. The molecule has 0 radical (unpaired) electrons. The van der Waals surface area contributed by atoms with Crippen LogP contribution in [0.25, 0.3) is 17.1 Å². The number of hydrogen-bond donors (Lipinski definition) is 2. The van der Waals surface area contributed by atoms with Crippen molar-refractivity contribution in [1.82, 2.24) is 9.97 Å². The minimum Gasteiger partial charge on any atom is -0.348 e. The Balaban J connectivity index is 1.54. The van der Waals surface area contributed by atoms with Crippen LogP contribution in [0, 0.1) is 0 Å². The molecule has 5 heteroatoms. The first kappa shape index (κ1) is 12.9.